The lowest BCUT2D eigenvalue weighted by Gasteiger charge is -2.07. The van der Waals surface area contributed by atoms with E-state index in [0.29, 0.717) is 24.0 Å². The molecule has 1 atom stereocenters. The van der Waals surface area contributed by atoms with Crippen molar-refractivity contribution in [2.24, 2.45) is 0 Å². The normalized spacial score (nSPS) is 26.0. The van der Waals surface area contributed by atoms with Crippen LogP contribution in [0.25, 0.3) is 0 Å². The van der Waals surface area contributed by atoms with E-state index in [9.17, 15) is 9.18 Å². The SMILES string of the molecule is O=C1OC(Br)c2cc(C3(F)CC3)ccc21. The Labute approximate surface area is 94.6 Å². The summed E-state index contributed by atoms with van der Waals surface area (Å²) in [6.45, 7) is 0. The number of rotatable bonds is 1. The summed E-state index contributed by atoms with van der Waals surface area (Å²) in [5.74, 6) is -0.345. The smallest absolute Gasteiger partial charge is 0.340 e. The van der Waals surface area contributed by atoms with Gasteiger partial charge in [-0.1, -0.05) is 6.07 Å². The Morgan fingerprint density at radius 2 is 2.20 bits per heavy atom. The fourth-order valence-electron chi connectivity index (χ4n) is 1.83. The molecule has 2 nitrogen and oxygen atoms in total. The lowest BCUT2D eigenvalue weighted by Crippen LogP contribution is -2.00. The largest absolute Gasteiger partial charge is 0.442 e. The number of carbonyl (C=O) groups excluding carboxylic acids is 1. The molecular weight excluding hydrogens is 263 g/mol. The van der Waals surface area contributed by atoms with Crippen LogP contribution in [0.2, 0.25) is 0 Å². The Balaban J connectivity index is 2.10. The van der Waals surface area contributed by atoms with Crippen LogP contribution in [0, 0.1) is 0 Å². The Bertz CT molecular complexity index is 454. The van der Waals surface area contributed by atoms with E-state index in [4.69, 9.17) is 4.74 Å². The molecule has 0 N–H and O–H groups in total. The van der Waals surface area contributed by atoms with Crippen molar-refractivity contribution in [3.8, 4) is 0 Å². The zero-order valence-electron chi connectivity index (χ0n) is 7.80. The second kappa shape index (κ2) is 2.82. The molecule has 1 unspecified atom stereocenters. The number of esters is 1. The molecule has 0 radical (unpaired) electrons. The van der Waals surface area contributed by atoms with E-state index in [-0.39, 0.29) is 5.97 Å². The van der Waals surface area contributed by atoms with Crippen LogP contribution in [0.3, 0.4) is 0 Å². The maximum absolute atomic E-state index is 13.8. The van der Waals surface area contributed by atoms with E-state index in [0.717, 1.165) is 5.56 Å². The van der Waals surface area contributed by atoms with Crippen molar-refractivity contribution < 1.29 is 13.9 Å². The molecule has 0 aromatic heterocycles. The molecule has 78 valence electrons. The van der Waals surface area contributed by atoms with E-state index in [2.05, 4.69) is 15.9 Å². The van der Waals surface area contributed by atoms with Gasteiger partial charge in [0.25, 0.3) is 0 Å². The molecule has 1 saturated carbocycles. The number of cyclic esters (lactones) is 1. The molecule has 3 rings (SSSR count). The fourth-order valence-corrected chi connectivity index (χ4v) is 2.38. The standard InChI is InChI=1S/C11H8BrFO2/c12-9-8-5-6(11(13)3-4-11)1-2-7(8)10(14)15-9/h1-2,5,9H,3-4H2. The third-order valence-electron chi connectivity index (χ3n) is 2.93. The minimum Gasteiger partial charge on any atom is -0.442 e. The molecule has 1 aromatic carbocycles. The summed E-state index contributed by atoms with van der Waals surface area (Å²) in [7, 11) is 0. The van der Waals surface area contributed by atoms with Crippen molar-refractivity contribution in [2.45, 2.75) is 23.5 Å². The second-order valence-corrected chi connectivity index (χ2v) is 4.82. The van der Waals surface area contributed by atoms with E-state index in [1.165, 1.54) is 0 Å². The van der Waals surface area contributed by atoms with Gasteiger partial charge in [-0.3, -0.25) is 0 Å². The number of hydrogen-bond acceptors (Lipinski definition) is 2. The predicted octanol–water partition coefficient (Wildman–Crippen LogP) is 3.21. The first-order valence-electron chi connectivity index (χ1n) is 4.78. The highest BCUT2D eigenvalue weighted by atomic mass is 79.9. The molecule has 15 heavy (non-hydrogen) atoms. The van der Waals surface area contributed by atoms with Crippen LogP contribution in [0.4, 0.5) is 4.39 Å². The molecule has 0 saturated heterocycles. The average Bonchev–Trinajstić information content (AvgIpc) is 2.90. The number of hydrogen-bond donors (Lipinski definition) is 0. The molecule has 1 aliphatic carbocycles. The number of benzene rings is 1. The highest BCUT2D eigenvalue weighted by Crippen LogP contribution is 2.50. The molecule has 0 bridgehead atoms. The van der Waals surface area contributed by atoms with E-state index >= 15 is 0 Å². The molecule has 1 aromatic rings. The molecular formula is C11H8BrFO2. The summed E-state index contributed by atoms with van der Waals surface area (Å²) in [4.78, 5) is 11.3. The highest BCUT2D eigenvalue weighted by Gasteiger charge is 2.45. The summed E-state index contributed by atoms with van der Waals surface area (Å²) in [6, 6.07) is 5.05. The molecule has 0 spiro atoms. The van der Waals surface area contributed by atoms with Gasteiger partial charge in [0.1, 0.15) is 5.67 Å². The van der Waals surface area contributed by atoms with Gasteiger partial charge in [-0.2, -0.15) is 0 Å². The number of alkyl halides is 2. The van der Waals surface area contributed by atoms with Crippen LogP contribution in [0.5, 0.6) is 0 Å². The maximum atomic E-state index is 13.8. The minimum atomic E-state index is -1.16. The third-order valence-corrected chi connectivity index (χ3v) is 3.61. The summed E-state index contributed by atoms with van der Waals surface area (Å²) < 4.78 is 18.8. The molecule has 4 heteroatoms. The van der Waals surface area contributed by atoms with Crippen molar-refractivity contribution in [3.05, 3.63) is 34.9 Å². The summed E-state index contributed by atoms with van der Waals surface area (Å²) in [6.07, 6.45) is 1.15. The number of ether oxygens (including phenoxy) is 1. The van der Waals surface area contributed by atoms with E-state index in [1.807, 2.05) is 0 Å². The topological polar surface area (TPSA) is 26.3 Å². The quantitative estimate of drug-likeness (QED) is 0.579. The zero-order chi connectivity index (χ0) is 10.6. The van der Waals surface area contributed by atoms with Crippen molar-refractivity contribution in [3.63, 3.8) is 0 Å². The van der Waals surface area contributed by atoms with Gasteiger partial charge < -0.3 is 4.74 Å². The predicted molar refractivity (Wildman–Crippen MR) is 55.5 cm³/mol. The lowest BCUT2D eigenvalue weighted by atomic mass is 10.0. The Hall–Kier alpha value is -0.900. The van der Waals surface area contributed by atoms with Crippen molar-refractivity contribution in [2.75, 3.05) is 0 Å². The minimum absolute atomic E-state index is 0.345. The van der Waals surface area contributed by atoms with Crippen molar-refractivity contribution >= 4 is 21.9 Å². The van der Waals surface area contributed by atoms with E-state index in [1.54, 1.807) is 18.2 Å². The van der Waals surface area contributed by atoms with Crippen LogP contribution in [-0.4, -0.2) is 5.97 Å². The first-order valence-corrected chi connectivity index (χ1v) is 5.70. The van der Waals surface area contributed by atoms with Crippen LogP contribution in [-0.2, 0) is 10.4 Å². The van der Waals surface area contributed by atoms with Gasteiger partial charge in [0.2, 0.25) is 0 Å². The van der Waals surface area contributed by atoms with Gasteiger partial charge in [0.15, 0.2) is 5.01 Å². The Morgan fingerprint density at radius 3 is 2.87 bits per heavy atom. The first-order chi connectivity index (χ1) is 7.10. The van der Waals surface area contributed by atoms with E-state index < -0.39 is 10.7 Å². The molecule has 2 aliphatic rings. The lowest BCUT2D eigenvalue weighted by molar-refractivity contribution is 0.0530. The van der Waals surface area contributed by atoms with Crippen LogP contribution >= 0.6 is 15.9 Å². The number of halogens is 2. The van der Waals surface area contributed by atoms with Gasteiger partial charge in [-0.25, -0.2) is 9.18 Å². The third kappa shape index (κ3) is 1.31. The van der Waals surface area contributed by atoms with Gasteiger partial charge in [0.05, 0.1) is 5.56 Å². The summed E-state index contributed by atoms with van der Waals surface area (Å²) in [5.41, 5.74) is 0.767. The average molecular weight is 271 g/mol. The summed E-state index contributed by atoms with van der Waals surface area (Å²) in [5, 5.41) is -0.428. The molecule has 1 heterocycles. The van der Waals surface area contributed by atoms with Crippen LogP contribution in [0.15, 0.2) is 18.2 Å². The Morgan fingerprint density at radius 1 is 1.47 bits per heavy atom. The molecule has 1 aliphatic heterocycles. The highest BCUT2D eigenvalue weighted by molar-refractivity contribution is 9.09. The second-order valence-electron chi connectivity index (χ2n) is 3.99. The number of fused-ring (bicyclic) bond motifs is 1. The van der Waals surface area contributed by atoms with Crippen LogP contribution in [0.1, 0.15) is 39.3 Å². The van der Waals surface area contributed by atoms with Gasteiger partial charge >= 0.3 is 5.97 Å². The molecule has 0 amide bonds. The zero-order valence-corrected chi connectivity index (χ0v) is 9.38. The fraction of sp³-hybridized carbons (Fsp3) is 0.364. The Kier molecular flexibility index (Phi) is 1.75. The van der Waals surface area contributed by atoms with Gasteiger partial charge in [-0.15, -0.1) is 0 Å². The van der Waals surface area contributed by atoms with Crippen LogP contribution < -0.4 is 0 Å². The van der Waals surface area contributed by atoms with Crippen molar-refractivity contribution in [1.29, 1.82) is 0 Å². The van der Waals surface area contributed by atoms with Gasteiger partial charge in [0, 0.05) is 5.56 Å². The first kappa shape index (κ1) is 9.33. The van der Waals surface area contributed by atoms with Gasteiger partial charge in [-0.05, 0) is 46.5 Å². The van der Waals surface area contributed by atoms with Crippen molar-refractivity contribution in [1.82, 2.24) is 0 Å². The maximum Gasteiger partial charge on any atom is 0.340 e. The monoisotopic (exact) mass is 270 g/mol. The molecule has 1 fully saturated rings. The number of carbonyl (C=O) groups is 1. The summed E-state index contributed by atoms with van der Waals surface area (Å²) >= 11 is 3.23.